The SMILES string of the molecule is C/C=C/C[C@@H](C)[C@@H](O)[C@H]1C(=O)N[C@@H](CC)C(=O)N(C)[C@H](CO)C(=O)N(C)[C@@H](CC(C)(C)OCOCC)C(=O)N[C@@H](C(C)C)C(=O)N(C)[C@@H](CC(C)C)C(=O)N[C@@H](C)C(=O)N[C@H](C)C(=O)N(C)[C@@H](CC(C)C)C(=O)N(C)[C@@H](CC(C)C)C(=O)N(C)[C@@H](C(C)C)C(=O)N1C. The minimum atomic E-state index is -1.69. The van der Waals surface area contributed by atoms with Crippen molar-refractivity contribution in [2.45, 2.75) is 241 Å². The lowest BCUT2D eigenvalue weighted by Gasteiger charge is -2.41. The van der Waals surface area contributed by atoms with Crippen molar-refractivity contribution in [2.24, 2.45) is 35.5 Å². The van der Waals surface area contributed by atoms with Crippen LogP contribution in [0, 0.1) is 35.5 Å². The van der Waals surface area contributed by atoms with Gasteiger partial charge in [0.15, 0.2) is 0 Å². The number of nitrogens with zero attached hydrogens (tertiary/aromatic N) is 7. The van der Waals surface area contributed by atoms with Gasteiger partial charge in [-0.15, -0.1) is 0 Å². The molecule has 26 heteroatoms. The van der Waals surface area contributed by atoms with Crippen LogP contribution < -0.4 is 21.3 Å². The molecule has 0 aromatic heterocycles. The predicted molar refractivity (Wildman–Crippen MR) is 351 cm³/mol. The summed E-state index contributed by atoms with van der Waals surface area (Å²) in [5.74, 6) is -10.9. The largest absolute Gasteiger partial charge is 0.394 e. The Labute approximate surface area is 549 Å². The lowest BCUT2D eigenvalue weighted by molar-refractivity contribution is -0.158. The minimum Gasteiger partial charge on any atom is -0.394 e. The molecule has 0 radical (unpaired) electrons. The van der Waals surface area contributed by atoms with Crippen molar-refractivity contribution in [3.8, 4) is 0 Å². The average molecular weight is 1310 g/mol. The first-order valence-corrected chi connectivity index (χ1v) is 32.7. The van der Waals surface area contributed by atoms with E-state index in [9.17, 15) is 43.8 Å². The summed E-state index contributed by atoms with van der Waals surface area (Å²) < 4.78 is 11.5. The van der Waals surface area contributed by atoms with E-state index in [0.717, 1.165) is 14.7 Å². The van der Waals surface area contributed by atoms with Crippen LogP contribution in [0.25, 0.3) is 0 Å². The van der Waals surface area contributed by atoms with Gasteiger partial charge in [0.1, 0.15) is 73.3 Å². The molecule has 0 bridgehead atoms. The molecule has 1 fully saturated rings. The first-order chi connectivity index (χ1) is 42.5. The van der Waals surface area contributed by atoms with E-state index in [1.165, 1.54) is 82.8 Å². The zero-order valence-corrected chi connectivity index (χ0v) is 60.2. The molecule has 6 N–H and O–H groups in total. The van der Waals surface area contributed by atoms with E-state index in [1.54, 1.807) is 81.4 Å². The highest BCUT2D eigenvalue weighted by molar-refractivity contribution is 6.00. The van der Waals surface area contributed by atoms with Crippen molar-refractivity contribution in [1.29, 1.82) is 0 Å². The number of aliphatic hydroxyl groups is 2. The van der Waals surface area contributed by atoms with Crippen molar-refractivity contribution >= 4 is 65.0 Å². The quantitative estimate of drug-likeness (QED) is 0.0580. The molecule has 0 aromatic rings. The first-order valence-electron chi connectivity index (χ1n) is 32.7. The van der Waals surface area contributed by atoms with Crippen molar-refractivity contribution in [2.75, 3.05) is 69.3 Å². The Morgan fingerprint density at radius 2 is 0.935 bits per heavy atom. The highest BCUT2D eigenvalue weighted by Crippen LogP contribution is 2.27. The van der Waals surface area contributed by atoms with Gasteiger partial charge in [-0.2, -0.15) is 0 Å². The highest BCUT2D eigenvalue weighted by Gasteiger charge is 2.47. The van der Waals surface area contributed by atoms with Crippen molar-refractivity contribution in [3.05, 3.63) is 12.2 Å². The molecule has 0 unspecified atom stereocenters. The number of nitrogens with one attached hydrogen (secondary N) is 4. The maximum Gasteiger partial charge on any atom is 0.248 e. The third-order valence-electron chi connectivity index (χ3n) is 17.3. The van der Waals surface area contributed by atoms with E-state index < -0.39 is 168 Å². The molecule has 26 nitrogen and oxygen atoms in total. The van der Waals surface area contributed by atoms with Crippen LogP contribution in [0.1, 0.15) is 163 Å². The molecule has 1 aliphatic rings. The van der Waals surface area contributed by atoms with Gasteiger partial charge in [-0.1, -0.05) is 95.2 Å². The van der Waals surface area contributed by atoms with E-state index in [4.69, 9.17) is 9.47 Å². The van der Waals surface area contributed by atoms with Crippen LogP contribution in [-0.4, -0.2) is 257 Å². The molecule has 0 aliphatic carbocycles. The van der Waals surface area contributed by atoms with Crippen LogP contribution in [0.4, 0.5) is 0 Å². The van der Waals surface area contributed by atoms with E-state index in [0.29, 0.717) is 6.61 Å². The summed E-state index contributed by atoms with van der Waals surface area (Å²) >= 11 is 0. The Morgan fingerprint density at radius 3 is 1.40 bits per heavy atom. The van der Waals surface area contributed by atoms with Crippen LogP contribution in [0.5, 0.6) is 0 Å². The van der Waals surface area contributed by atoms with Gasteiger partial charge >= 0.3 is 0 Å². The Hall–Kier alpha value is -6.25. The van der Waals surface area contributed by atoms with Crippen LogP contribution in [0.2, 0.25) is 0 Å². The van der Waals surface area contributed by atoms with Gasteiger partial charge in [0.25, 0.3) is 0 Å². The Kier molecular flexibility index (Phi) is 34.8. The fraction of sp³-hybridized carbons (Fsp3) is 0.803. The standard InChI is InChI=1S/C66H119N11O15/c1-26-29-30-42(14)54(79)53-58(83)69-45(27-2)60(85)75(23)50(35-78)63(88)74(22)49(34-66(17,18)92-36-91-28-3)57(82)70-51(40(10)11)64(89)71(19)46(31-37(4)5)56(81)67-43(15)55(80)68-44(16)59(84)72(20)47(32-38(6)7)61(86)73(21)48(33-39(8)9)62(87)76(24)52(41(12)13)65(90)77(53)25/h26,29,37-54,78-79H,27-28,30-36H2,1-25H3,(H,67,81)(H,68,80)(H,69,83)(H,70,82)/b29-26+/t42-,43+,44-,45+,46+,47+,48+,49+,50-,51+,52+,53+,54-/m1/s1. The fourth-order valence-electron chi connectivity index (χ4n) is 11.3. The second-order valence-electron chi connectivity index (χ2n) is 27.6. The number of amides is 11. The average Bonchev–Trinajstić information content (AvgIpc) is 0.831. The predicted octanol–water partition coefficient (Wildman–Crippen LogP) is 2.76. The molecule has 1 aliphatic heterocycles. The third kappa shape index (κ3) is 23.3. The smallest absolute Gasteiger partial charge is 0.248 e. The second kappa shape index (κ2) is 38.2. The number of allylic oxidation sites excluding steroid dienone is 2. The molecule has 0 saturated carbocycles. The molecular weight excluding hydrogens is 1190 g/mol. The highest BCUT2D eigenvalue weighted by atomic mass is 16.7. The van der Waals surface area contributed by atoms with Crippen molar-refractivity contribution < 1.29 is 72.4 Å². The number of carbonyl (C=O) groups excluding carboxylic acids is 11. The first kappa shape index (κ1) is 83.8. The zero-order valence-electron chi connectivity index (χ0n) is 60.2. The molecule has 1 saturated heterocycles. The van der Waals surface area contributed by atoms with Crippen LogP contribution in [-0.2, 0) is 62.2 Å². The number of hydrogen-bond acceptors (Lipinski definition) is 15. The fourth-order valence-corrected chi connectivity index (χ4v) is 11.3. The van der Waals surface area contributed by atoms with Crippen molar-refractivity contribution in [3.63, 3.8) is 0 Å². The van der Waals surface area contributed by atoms with Gasteiger partial charge in [-0.3, -0.25) is 52.7 Å². The monoisotopic (exact) mass is 1310 g/mol. The number of rotatable bonds is 20. The number of ether oxygens (including phenoxy) is 2. The zero-order chi connectivity index (χ0) is 71.3. The summed E-state index contributed by atoms with van der Waals surface area (Å²) in [5.41, 5.74) is -1.20. The molecule has 528 valence electrons. The number of likely N-dealkylation sites (N-methyl/N-ethyl adjacent to an activating group) is 7. The van der Waals surface area contributed by atoms with E-state index in [1.807, 2.05) is 41.5 Å². The maximum atomic E-state index is 15.3. The molecule has 0 spiro atoms. The summed E-state index contributed by atoms with van der Waals surface area (Å²) in [7, 11) is 9.53. The molecule has 0 aromatic carbocycles. The van der Waals surface area contributed by atoms with Crippen LogP contribution in [0.15, 0.2) is 12.2 Å². The number of aliphatic hydroxyl groups excluding tert-OH is 2. The molecule has 1 rings (SSSR count). The van der Waals surface area contributed by atoms with E-state index >= 15 is 19.2 Å². The van der Waals surface area contributed by atoms with Gasteiger partial charge in [0, 0.05) is 62.4 Å². The summed E-state index contributed by atoms with van der Waals surface area (Å²) in [6.45, 7) is 30.0. The van der Waals surface area contributed by atoms with Crippen LogP contribution in [0.3, 0.4) is 0 Å². The minimum absolute atomic E-state index is 0.0921. The number of carbonyl (C=O) groups is 11. The normalized spacial score (nSPS) is 26.7. The molecule has 92 heavy (non-hydrogen) atoms. The summed E-state index contributed by atoms with van der Waals surface area (Å²) in [6, 6.07) is -15.0. The summed E-state index contributed by atoms with van der Waals surface area (Å²) in [5, 5.41) is 34.1. The van der Waals surface area contributed by atoms with Gasteiger partial charge in [-0.05, 0) is 109 Å². The van der Waals surface area contributed by atoms with Gasteiger partial charge in [-0.25, -0.2) is 0 Å². The second-order valence-corrected chi connectivity index (χ2v) is 27.6. The van der Waals surface area contributed by atoms with Gasteiger partial charge in [0.2, 0.25) is 65.0 Å². The Morgan fingerprint density at radius 1 is 0.500 bits per heavy atom. The molecule has 1 heterocycles. The van der Waals surface area contributed by atoms with Crippen LogP contribution >= 0.6 is 0 Å². The Balaban J connectivity index is 4.51. The Bertz CT molecular complexity index is 2510. The maximum absolute atomic E-state index is 15.3. The van der Waals surface area contributed by atoms with E-state index in [2.05, 4.69) is 21.3 Å². The molecule has 11 amide bonds. The number of hydrogen-bond donors (Lipinski definition) is 6. The molecular formula is C66H119N11O15. The van der Waals surface area contributed by atoms with Crippen molar-refractivity contribution in [1.82, 2.24) is 55.6 Å². The van der Waals surface area contributed by atoms with Gasteiger partial charge < -0.3 is 75.3 Å². The molecule has 13 atom stereocenters. The summed E-state index contributed by atoms with van der Waals surface area (Å²) in [4.78, 5) is 171. The third-order valence-corrected chi connectivity index (χ3v) is 17.3. The topological polar surface area (TPSA) is 317 Å². The van der Waals surface area contributed by atoms with E-state index in [-0.39, 0.29) is 63.1 Å². The van der Waals surface area contributed by atoms with Gasteiger partial charge in [0.05, 0.1) is 18.3 Å². The lowest BCUT2D eigenvalue weighted by Crippen LogP contribution is -2.64. The lowest BCUT2D eigenvalue weighted by atomic mass is 9.91. The summed E-state index contributed by atoms with van der Waals surface area (Å²) in [6.07, 6.45) is 2.29.